The Morgan fingerprint density at radius 1 is 0.926 bits per heavy atom. The van der Waals surface area contributed by atoms with Crippen LogP contribution in [-0.4, -0.2) is 81.5 Å². The molecule has 3 N–H and O–H groups in total. The minimum Gasteiger partial charge on any atom is -0.457 e. The summed E-state index contributed by atoms with van der Waals surface area (Å²) in [6, 6.07) is -2.10. The van der Waals surface area contributed by atoms with Crippen molar-refractivity contribution in [3.8, 4) is 0 Å². The number of rotatable bonds is 8. The highest BCUT2D eigenvalue weighted by molar-refractivity contribution is 6.13. The van der Waals surface area contributed by atoms with Crippen molar-refractivity contribution in [3.63, 3.8) is 0 Å². The van der Waals surface area contributed by atoms with E-state index in [9.17, 15) is 29.4 Å². The van der Waals surface area contributed by atoms with Gasteiger partial charge in [0.05, 0.1) is 12.1 Å². The fourth-order valence-electron chi connectivity index (χ4n) is 2.24. The lowest BCUT2D eigenvalue weighted by molar-refractivity contribution is -0.181. The molecule has 0 heterocycles. The standard InChI is InChI=1S/C18H32N2O7/c1-10(19-8)12(21)17(6,25)14(23)20(9)11(2)13(22)18(7,26)15(24)27-16(3,4)5/h10-11,19,25-26H,1-9H3/t10-,11-,17?,18?/m0/s1. The van der Waals surface area contributed by atoms with Gasteiger partial charge in [-0.15, -0.1) is 0 Å². The van der Waals surface area contributed by atoms with Crippen LogP contribution in [0.25, 0.3) is 0 Å². The Hall–Kier alpha value is -1.84. The number of hydrogen-bond acceptors (Lipinski definition) is 8. The normalized spacial score (nSPS) is 18.5. The number of amides is 1. The molecule has 0 saturated heterocycles. The van der Waals surface area contributed by atoms with Crippen LogP contribution in [-0.2, 0) is 23.9 Å². The van der Waals surface area contributed by atoms with Gasteiger partial charge in [0.15, 0.2) is 11.6 Å². The maximum absolute atomic E-state index is 12.6. The molecular formula is C18H32N2O7. The summed E-state index contributed by atoms with van der Waals surface area (Å²) in [7, 11) is 2.69. The minimum absolute atomic E-state index is 0.777. The SMILES string of the molecule is CN[C@@H](C)C(=O)C(C)(O)C(=O)N(C)[C@@H](C)C(=O)C(C)(O)C(=O)OC(C)(C)C. The third-order valence-electron chi connectivity index (χ3n) is 4.28. The quantitative estimate of drug-likeness (QED) is 0.372. The first-order valence-corrected chi connectivity index (χ1v) is 8.62. The molecule has 0 aliphatic rings. The lowest BCUT2D eigenvalue weighted by Gasteiger charge is -2.34. The number of carbonyl (C=O) groups excluding carboxylic acids is 4. The van der Waals surface area contributed by atoms with Gasteiger partial charge in [0, 0.05) is 7.05 Å². The molecule has 0 spiro atoms. The van der Waals surface area contributed by atoms with Crippen LogP contribution >= 0.6 is 0 Å². The molecule has 0 fully saturated rings. The summed E-state index contributed by atoms with van der Waals surface area (Å²) in [6.07, 6.45) is 0. The van der Waals surface area contributed by atoms with Gasteiger partial charge in [0.1, 0.15) is 5.60 Å². The highest BCUT2D eigenvalue weighted by Crippen LogP contribution is 2.20. The molecule has 4 atom stereocenters. The van der Waals surface area contributed by atoms with Crippen molar-refractivity contribution in [1.82, 2.24) is 10.2 Å². The monoisotopic (exact) mass is 388 g/mol. The molecule has 9 nitrogen and oxygen atoms in total. The van der Waals surface area contributed by atoms with Crippen molar-refractivity contribution < 1.29 is 34.1 Å². The van der Waals surface area contributed by atoms with Gasteiger partial charge < -0.3 is 25.2 Å². The number of ketones is 2. The van der Waals surface area contributed by atoms with Gasteiger partial charge in [0.25, 0.3) is 5.91 Å². The van der Waals surface area contributed by atoms with Gasteiger partial charge in [0.2, 0.25) is 11.2 Å². The van der Waals surface area contributed by atoms with Gasteiger partial charge >= 0.3 is 5.97 Å². The van der Waals surface area contributed by atoms with Crippen molar-refractivity contribution >= 4 is 23.4 Å². The average Bonchev–Trinajstić information content (AvgIpc) is 2.55. The van der Waals surface area contributed by atoms with E-state index >= 15 is 0 Å². The van der Waals surface area contributed by atoms with Crippen molar-refractivity contribution in [3.05, 3.63) is 0 Å². The van der Waals surface area contributed by atoms with Crippen molar-refractivity contribution in [2.75, 3.05) is 14.1 Å². The maximum Gasteiger partial charge on any atom is 0.346 e. The zero-order valence-corrected chi connectivity index (χ0v) is 17.5. The smallest absolute Gasteiger partial charge is 0.346 e. The molecule has 0 aromatic rings. The largest absolute Gasteiger partial charge is 0.457 e. The molecule has 156 valence electrons. The molecule has 0 bridgehead atoms. The third-order valence-corrected chi connectivity index (χ3v) is 4.28. The van der Waals surface area contributed by atoms with Crippen molar-refractivity contribution in [2.24, 2.45) is 0 Å². The Morgan fingerprint density at radius 3 is 1.74 bits per heavy atom. The average molecular weight is 388 g/mol. The Balaban J connectivity index is 5.50. The maximum atomic E-state index is 12.6. The summed E-state index contributed by atoms with van der Waals surface area (Å²) in [6.45, 7) is 9.51. The van der Waals surface area contributed by atoms with Crippen LogP contribution < -0.4 is 5.32 Å². The number of nitrogens with one attached hydrogen (secondary N) is 1. The van der Waals surface area contributed by atoms with E-state index in [1.807, 2.05) is 0 Å². The highest BCUT2D eigenvalue weighted by atomic mass is 16.6. The number of hydrogen-bond donors (Lipinski definition) is 3. The minimum atomic E-state index is -2.50. The Labute approximate surface area is 160 Å². The predicted octanol–water partition coefficient (Wildman–Crippen LogP) is -0.577. The van der Waals surface area contributed by atoms with E-state index in [1.54, 1.807) is 20.8 Å². The molecule has 0 aliphatic carbocycles. The van der Waals surface area contributed by atoms with Gasteiger partial charge in [-0.25, -0.2) is 4.79 Å². The van der Waals surface area contributed by atoms with Crippen molar-refractivity contribution in [2.45, 2.75) is 77.4 Å². The van der Waals surface area contributed by atoms with E-state index in [1.165, 1.54) is 27.9 Å². The molecule has 0 rings (SSSR count). The van der Waals surface area contributed by atoms with Crippen molar-refractivity contribution in [1.29, 1.82) is 0 Å². The van der Waals surface area contributed by atoms with E-state index in [2.05, 4.69) is 5.32 Å². The number of carbonyl (C=O) groups is 4. The molecule has 0 saturated carbocycles. The van der Waals surface area contributed by atoms with Crippen LogP contribution in [0.3, 0.4) is 0 Å². The van der Waals surface area contributed by atoms with Gasteiger partial charge in [-0.3, -0.25) is 14.4 Å². The van der Waals surface area contributed by atoms with E-state index < -0.39 is 52.3 Å². The zero-order valence-electron chi connectivity index (χ0n) is 17.5. The van der Waals surface area contributed by atoms with E-state index in [-0.39, 0.29) is 0 Å². The number of esters is 1. The first-order valence-electron chi connectivity index (χ1n) is 8.62. The van der Waals surface area contributed by atoms with Gasteiger partial charge in [-0.05, 0) is 55.5 Å². The Kier molecular flexibility index (Phi) is 7.87. The van der Waals surface area contributed by atoms with E-state index in [0.717, 1.165) is 18.7 Å². The first kappa shape index (κ1) is 25.2. The number of nitrogens with zero attached hydrogens (tertiary/aromatic N) is 1. The third kappa shape index (κ3) is 5.82. The second kappa shape index (κ2) is 8.45. The second-order valence-electron chi connectivity index (χ2n) is 7.98. The van der Waals surface area contributed by atoms with Gasteiger partial charge in [-0.2, -0.15) is 0 Å². The van der Waals surface area contributed by atoms with E-state index in [4.69, 9.17) is 4.74 Å². The number of Topliss-reactive ketones (excluding diaryl/α,β-unsaturated/α-hetero) is 2. The molecule has 2 unspecified atom stereocenters. The van der Waals surface area contributed by atoms with Crippen LogP contribution in [0.5, 0.6) is 0 Å². The summed E-state index contributed by atoms with van der Waals surface area (Å²) in [5, 5.41) is 23.4. The van der Waals surface area contributed by atoms with Crippen LogP contribution in [0, 0.1) is 0 Å². The fraction of sp³-hybridized carbons (Fsp3) is 0.778. The van der Waals surface area contributed by atoms with Gasteiger partial charge in [-0.1, -0.05) is 0 Å². The summed E-state index contributed by atoms with van der Waals surface area (Å²) in [4.78, 5) is 50.4. The summed E-state index contributed by atoms with van der Waals surface area (Å²) in [5.74, 6) is -3.97. The summed E-state index contributed by atoms with van der Waals surface area (Å²) >= 11 is 0. The zero-order chi connectivity index (χ0) is 22.0. The lowest BCUT2D eigenvalue weighted by Crippen LogP contribution is -2.61. The summed E-state index contributed by atoms with van der Waals surface area (Å²) < 4.78 is 5.04. The molecular weight excluding hydrogens is 356 g/mol. The summed E-state index contributed by atoms with van der Waals surface area (Å²) in [5.41, 5.74) is -5.81. The molecule has 0 aliphatic heterocycles. The van der Waals surface area contributed by atoms with E-state index in [0.29, 0.717) is 0 Å². The fourth-order valence-corrected chi connectivity index (χ4v) is 2.24. The molecule has 0 aromatic heterocycles. The number of aliphatic hydroxyl groups is 2. The predicted molar refractivity (Wildman–Crippen MR) is 97.9 cm³/mol. The number of ether oxygens (including phenoxy) is 1. The molecule has 1 amide bonds. The molecule has 27 heavy (non-hydrogen) atoms. The number of likely N-dealkylation sites (N-methyl/N-ethyl adjacent to an activating group) is 2. The van der Waals surface area contributed by atoms with Crippen LogP contribution in [0.2, 0.25) is 0 Å². The topological polar surface area (TPSA) is 133 Å². The second-order valence-corrected chi connectivity index (χ2v) is 7.98. The Bertz CT molecular complexity index is 605. The first-order chi connectivity index (χ1) is 11.9. The Morgan fingerprint density at radius 2 is 1.37 bits per heavy atom. The molecule has 0 radical (unpaired) electrons. The van der Waals surface area contributed by atoms with Crippen LogP contribution in [0.1, 0.15) is 48.5 Å². The van der Waals surface area contributed by atoms with Crippen LogP contribution in [0.4, 0.5) is 0 Å². The molecule has 9 heteroatoms. The molecule has 0 aromatic carbocycles. The lowest BCUT2D eigenvalue weighted by atomic mass is 9.91. The van der Waals surface area contributed by atoms with Crippen LogP contribution in [0.15, 0.2) is 0 Å². The highest BCUT2D eigenvalue weighted by Gasteiger charge is 2.49.